The van der Waals surface area contributed by atoms with E-state index < -0.39 is 0 Å². The summed E-state index contributed by atoms with van der Waals surface area (Å²) in [7, 11) is 0. The van der Waals surface area contributed by atoms with Crippen LogP contribution in [0.25, 0.3) is 5.69 Å². The molecular weight excluding hydrogens is 360 g/mol. The standard InChI is InChI=1S/C24H28N4O/c1-18-16-19(2)28(26-18)23-9-5-4-8-22(23)25-24(29)21-12-10-20(11-13-21)17-27-14-6-3-7-15-27/h4-5,8-13,16H,3,6-7,14-15,17H2,1-2H3,(H,25,29). The Bertz CT molecular complexity index is 984. The second kappa shape index (κ2) is 8.62. The normalized spacial score (nSPS) is 14.7. The number of rotatable bonds is 5. The predicted molar refractivity (Wildman–Crippen MR) is 117 cm³/mol. The summed E-state index contributed by atoms with van der Waals surface area (Å²) in [6.45, 7) is 7.29. The number of hydrogen-bond acceptors (Lipinski definition) is 3. The Kier molecular flexibility index (Phi) is 5.76. The minimum absolute atomic E-state index is 0.108. The third-order valence-electron chi connectivity index (χ3n) is 5.46. The smallest absolute Gasteiger partial charge is 0.255 e. The van der Waals surface area contributed by atoms with Gasteiger partial charge in [-0.3, -0.25) is 9.69 Å². The van der Waals surface area contributed by atoms with Gasteiger partial charge in [0, 0.05) is 17.8 Å². The first kappa shape index (κ1) is 19.4. The molecule has 3 aromatic rings. The predicted octanol–water partition coefficient (Wildman–Crippen LogP) is 4.73. The highest BCUT2D eigenvalue weighted by Gasteiger charge is 2.14. The molecule has 5 nitrogen and oxygen atoms in total. The van der Waals surface area contributed by atoms with Gasteiger partial charge in [-0.1, -0.05) is 30.7 Å². The van der Waals surface area contributed by atoms with Crippen molar-refractivity contribution in [2.24, 2.45) is 0 Å². The summed E-state index contributed by atoms with van der Waals surface area (Å²) in [5, 5.41) is 7.60. The SMILES string of the molecule is Cc1cc(C)n(-c2ccccc2NC(=O)c2ccc(CN3CCCCC3)cc2)n1. The van der Waals surface area contributed by atoms with Gasteiger partial charge in [-0.25, -0.2) is 4.68 Å². The zero-order valence-electron chi connectivity index (χ0n) is 17.2. The monoisotopic (exact) mass is 388 g/mol. The van der Waals surface area contributed by atoms with E-state index in [-0.39, 0.29) is 5.91 Å². The maximum atomic E-state index is 12.8. The van der Waals surface area contributed by atoms with Crippen molar-refractivity contribution < 1.29 is 4.79 Å². The zero-order chi connectivity index (χ0) is 20.2. The maximum Gasteiger partial charge on any atom is 0.255 e. The Hall–Kier alpha value is -2.92. The van der Waals surface area contributed by atoms with E-state index in [9.17, 15) is 4.79 Å². The van der Waals surface area contributed by atoms with E-state index in [1.807, 2.05) is 61.0 Å². The molecule has 2 aromatic carbocycles. The molecule has 1 aliphatic heterocycles. The molecule has 150 valence electrons. The summed E-state index contributed by atoms with van der Waals surface area (Å²) < 4.78 is 1.87. The Morgan fingerprint density at radius 3 is 2.41 bits per heavy atom. The number of benzene rings is 2. The number of nitrogens with zero attached hydrogens (tertiary/aromatic N) is 3. The van der Waals surface area contributed by atoms with Crippen LogP contribution in [-0.2, 0) is 6.54 Å². The summed E-state index contributed by atoms with van der Waals surface area (Å²) in [4.78, 5) is 15.3. The van der Waals surface area contributed by atoms with Crippen LogP contribution in [0.1, 0.15) is 46.6 Å². The van der Waals surface area contributed by atoms with Gasteiger partial charge in [0.05, 0.1) is 17.1 Å². The molecule has 5 heteroatoms. The first-order valence-electron chi connectivity index (χ1n) is 10.4. The van der Waals surface area contributed by atoms with Crippen molar-refractivity contribution in [2.45, 2.75) is 39.7 Å². The molecule has 1 aromatic heterocycles. The number of anilines is 1. The van der Waals surface area contributed by atoms with E-state index in [0.717, 1.165) is 29.3 Å². The number of piperidine rings is 1. The number of nitrogens with one attached hydrogen (secondary N) is 1. The van der Waals surface area contributed by atoms with Crippen molar-refractivity contribution in [1.82, 2.24) is 14.7 Å². The third kappa shape index (κ3) is 4.57. The molecule has 1 fully saturated rings. The van der Waals surface area contributed by atoms with Gasteiger partial charge in [0.25, 0.3) is 5.91 Å². The zero-order valence-corrected chi connectivity index (χ0v) is 17.2. The molecule has 0 unspecified atom stereocenters. The largest absolute Gasteiger partial charge is 0.320 e. The molecule has 0 atom stereocenters. The number of aryl methyl sites for hydroxylation is 2. The summed E-state index contributed by atoms with van der Waals surface area (Å²) in [6.07, 6.45) is 3.92. The second-order valence-electron chi connectivity index (χ2n) is 7.84. The van der Waals surface area contributed by atoms with Crippen LogP contribution in [0.4, 0.5) is 5.69 Å². The lowest BCUT2D eigenvalue weighted by Gasteiger charge is -2.26. The molecule has 1 saturated heterocycles. The highest BCUT2D eigenvalue weighted by molar-refractivity contribution is 6.05. The van der Waals surface area contributed by atoms with Gasteiger partial charge in [-0.2, -0.15) is 5.10 Å². The number of aromatic nitrogens is 2. The summed E-state index contributed by atoms with van der Waals surface area (Å²) >= 11 is 0. The maximum absolute atomic E-state index is 12.8. The molecule has 0 aliphatic carbocycles. The van der Waals surface area contributed by atoms with E-state index >= 15 is 0 Å². The van der Waals surface area contributed by atoms with Crippen molar-refractivity contribution in [3.63, 3.8) is 0 Å². The Balaban J connectivity index is 1.48. The fourth-order valence-corrected chi connectivity index (χ4v) is 3.97. The quantitative estimate of drug-likeness (QED) is 0.688. The minimum atomic E-state index is -0.108. The van der Waals surface area contributed by atoms with Crippen molar-refractivity contribution in [3.8, 4) is 5.69 Å². The van der Waals surface area contributed by atoms with Gasteiger partial charge in [0.2, 0.25) is 0 Å². The molecule has 4 rings (SSSR count). The first-order valence-corrected chi connectivity index (χ1v) is 10.4. The van der Waals surface area contributed by atoms with Crippen molar-refractivity contribution in [3.05, 3.63) is 77.1 Å². The van der Waals surface area contributed by atoms with Crippen LogP contribution in [0, 0.1) is 13.8 Å². The number of amides is 1. The minimum Gasteiger partial charge on any atom is -0.320 e. The van der Waals surface area contributed by atoms with Crippen LogP contribution in [0.3, 0.4) is 0 Å². The summed E-state index contributed by atoms with van der Waals surface area (Å²) in [5.41, 5.74) is 5.52. The van der Waals surface area contributed by atoms with E-state index in [0.29, 0.717) is 5.56 Å². The topological polar surface area (TPSA) is 50.2 Å². The molecule has 1 aliphatic rings. The summed E-state index contributed by atoms with van der Waals surface area (Å²) in [6, 6.07) is 17.8. The van der Waals surface area contributed by atoms with Crippen molar-refractivity contribution >= 4 is 11.6 Å². The van der Waals surface area contributed by atoms with E-state index in [4.69, 9.17) is 0 Å². The number of para-hydroxylation sites is 2. The fourth-order valence-electron chi connectivity index (χ4n) is 3.97. The number of carbonyl (C=O) groups excluding carboxylic acids is 1. The lowest BCUT2D eigenvalue weighted by Crippen LogP contribution is -2.29. The van der Waals surface area contributed by atoms with Crippen molar-refractivity contribution in [2.75, 3.05) is 18.4 Å². The van der Waals surface area contributed by atoms with Crippen LogP contribution >= 0.6 is 0 Å². The van der Waals surface area contributed by atoms with Gasteiger partial charge in [0.15, 0.2) is 0 Å². The third-order valence-corrected chi connectivity index (χ3v) is 5.46. The average molecular weight is 389 g/mol. The Morgan fingerprint density at radius 2 is 1.72 bits per heavy atom. The Morgan fingerprint density at radius 1 is 1.00 bits per heavy atom. The van der Waals surface area contributed by atoms with Gasteiger partial charge < -0.3 is 5.32 Å². The van der Waals surface area contributed by atoms with Crippen molar-refractivity contribution in [1.29, 1.82) is 0 Å². The molecule has 0 radical (unpaired) electrons. The van der Waals surface area contributed by atoms with Crippen LogP contribution in [0.5, 0.6) is 0 Å². The molecular formula is C24H28N4O. The van der Waals surface area contributed by atoms with E-state index in [2.05, 4.69) is 27.4 Å². The van der Waals surface area contributed by atoms with Crippen LogP contribution in [0.15, 0.2) is 54.6 Å². The Labute approximate surface area is 172 Å². The molecule has 1 N–H and O–H groups in total. The first-order chi connectivity index (χ1) is 14.1. The molecule has 0 saturated carbocycles. The molecule has 29 heavy (non-hydrogen) atoms. The van der Waals surface area contributed by atoms with Crippen LogP contribution in [0.2, 0.25) is 0 Å². The van der Waals surface area contributed by atoms with Crippen LogP contribution < -0.4 is 5.32 Å². The molecule has 0 spiro atoms. The summed E-state index contributed by atoms with van der Waals surface area (Å²) in [5.74, 6) is -0.108. The molecule has 2 heterocycles. The van der Waals surface area contributed by atoms with E-state index in [1.54, 1.807) is 0 Å². The lowest BCUT2D eigenvalue weighted by molar-refractivity contribution is 0.102. The van der Waals surface area contributed by atoms with Gasteiger partial charge in [-0.05, 0) is 75.7 Å². The van der Waals surface area contributed by atoms with Crippen LogP contribution in [-0.4, -0.2) is 33.7 Å². The molecule has 1 amide bonds. The molecule has 0 bridgehead atoms. The lowest BCUT2D eigenvalue weighted by atomic mass is 10.1. The van der Waals surface area contributed by atoms with E-state index in [1.165, 1.54) is 37.9 Å². The number of hydrogen-bond donors (Lipinski definition) is 1. The van der Waals surface area contributed by atoms with Gasteiger partial charge in [0.1, 0.15) is 0 Å². The number of likely N-dealkylation sites (tertiary alicyclic amines) is 1. The second-order valence-corrected chi connectivity index (χ2v) is 7.84. The number of carbonyl (C=O) groups is 1. The highest BCUT2D eigenvalue weighted by Crippen LogP contribution is 2.22. The highest BCUT2D eigenvalue weighted by atomic mass is 16.1. The van der Waals surface area contributed by atoms with Gasteiger partial charge in [-0.15, -0.1) is 0 Å². The van der Waals surface area contributed by atoms with Gasteiger partial charge >= 0.3 is 0 Å². The fraction of sp³-hybridized carbons (Fsp3) is 0.333. The average Bonchev–Trinajstić information content (AvgIpc) is 3.07.